The molecule has 8 heteroatoms. The Balaban J connectivity index is 2.38. The first-order valence-corrected chi connectivity index (χ1v) is 9.25. The van der Waals surface area contributed by atoms with Gasteiger partial charge >= 0.3 is 11.9 Å². The molecule has 2 aromatic rings. The summed E-state index contributed by atoms with van der Waals surface area (Å²) in [6.07, 6.45) is 0. The van der Waals surface area contributed by atoms with E-state index in [9.17, 15) is 14.7 Å². The maximum Gasteiger partial charge on any atom is 0.338 e. The van der Waals surface area contributed by atoms with Crippen LogP contribution in [0.1, 0.15) is 21.9 Å². The molecule has 1 N–H and O–H groups in total. The summed E-state index contributed by atoms with van der Waals surface area (Å²) in [7, 11) is 5.41. The summed E-state index contributed by atoms with van der Waals surface area (Å²) in [4.78, 5) is 26.1. The topological polar surface area (TPSA) is 91.3 Å². The Morgan fingerprint density at radius 2 is 1.71 bits per heavy atom. The molecule has 7 nitrogen and oxygen atoms in total. The molecule has 0 bridgehead atoms. The second kappa shape index (κ2) is 7.93. The Bertz CT molecular complexity index is 930. The molecule has 0 saturated carbocycles. The normalized spacial score (nSPS) is 18.3. The van der Waals surface area contributed by atoms with Crippen LogP contribution < -0.4 is 9.47 Å². The number of aliphatic hydroxyl groups excluding tert-OH is 1. The second-order valence-electron chi connectivity index (χ2n) is 6.04. The van der Waals surface area contributed by atoms with Gasteiger partial charge in [-0.15, -0.1) is 11.3 Å². The monoisotopic (exact) mass is 404 g/mol. The molecule has 148 valence electrons. The first-order chi connectivity index (χ1) is 13.5. The average Bonchev–Trinajstić information content (AvgIpc) is 3.25. The fourth-order valence-electron chi connectivity index (χ4n) is 3.50. The van der Waals surface area contributed by atoms with Gasteiger partial charge in [0.2, 0.25) is 0 Å². The van der Waals surface area contributed by atoms with Crippen LogP contribution in [-0.4, -0.2) is 45.5 Å². The predicted molar refractivity (Wildman–Crippen MR) is 103 cm³/mol. The molecule has 1 aromatic carbocycles. The highest BCUT2D eigenvalue weighted by Crippen LogP contribution is 2.50. The lowest BCUT2D eigenvalue weighted by Crippen LogP contribution is -2.34. The number of hydrogen-bond acceptors (Lipinski definition) is 8. The van der Waals surface area contributed by atoms with Crippen molar-refractivity contribution < 1.29 is 33.6 Å². The largest absolute Gasteiger partial charge is 0.507 e. The summed E-state index contributed by atoms with van der Waals surface area (Å²) in [6, 6.07) is 7.01. The summed E-state index contributed by atoms with van der Waals surface area (Å²) >= 11 is 1.43. The van der Waals surface area contributed by atoms with Crippen molar-refractivity contribution in [2.75, 3.05) is 28.4 Å². The number of carbonyl (C=O) groups excluding carboxylic acids is 2. The number of benzene rings is 1. The van der Waals surface area contributed by atoms with Gasteiger partial charge in [0, 0.05) is 16.4 Å². The molecule has 0 aliphatic heterocycles. The van der Waals surface area contributed by atoms with Gasteiger partial charge in [-0.3, -0.25) is 4.79 Å². The van der Waals surface area contributed by atoms with E-state index in [1.807, 2.05) is 17.5 Å². The van der Waals surface area contributed by atoms with E-state index in [1.54, 1.807) is 12.1 Å². The molecule has 1 heterocycles. The van der Waals surface area contributed by atoms with Crippen molar-refractivity contribution in [3.05, 3.63) is 51.2 Å². The van der Waals surface area contributed by atoms with Crippen molar-refractivity contribution in [1.82, 2.24) is 0 Å². The van der Waals surface area contributed by atoms with E-state index >= 15 is 0 Å². The molecule has 1 aliphatic carbocycles. The van der Waals surface area contributed by atoms with Crippen LogP contribution in [0.25, 0.3) is 5.76 Å². The number of hydrogen-bond donors (Lipinski definition) is 1. The number of aliphatic hydroxyl groups is 1. The summed E-state index contributed by atoms with van der Waals surface area (Å²) in [6.45, 7) is 0. The first kappa shape index (κ1) is 19.8. The first-order valence-electron chi connectivity index (χ1n) is 8.37. The minimum atomic E-state index is -1.07. The molecule has 28 heavy (non-hydrogen) atoms. The van der Waals surface area contributed by atoms with Crippen LogP contribution in [-0.2, 0) is 19.1 Å². The van der Waals surface area contributed by atoms with Crippen molar-refractivity contribution in [2.45, 2.75) is 5.92 Å². The molecule has 0 unspecified atom stereocenters. The molecule has 0 radical (unpaired) electrons. The SMILES string of the molecule is COC(=O)C1=C(O)c2cc(OC)c(OC)cc2[C@@H](c2cccs2)[C@@H]1C(=O)OC. The van der Waals surface area contributed by atoms with Gasteiger partial charge in [-0.25, -0.2) is 4.79 Å². The molecule has 0 fully saturated rings. The Morgan fingerprint density at radius 1 is 1.04 bits per heavy atom. The zero-order chi connectivity index (χ0) is 20.4. The molecule has 0 amide bonds. The number of methoxy groups -OCH3 is 4. The fraction of sp³-hybridized carbons (Fsp3) is 0.300. The minimum Gasteiger partial charge on any atom is -0.507 e. The van der Waals surface area contributed by atoms with E-state index in [2.05, 4.69) is 0 Å². The quantitative estimate of drug-likeness (QED) is 0.766. The van der Waals surface area contributed by atoms with Gasteiger partial charge in [0.1, 0.15) is 11.7 Å². The van der Waals surface area contributed by atoms with Gasteiger partial charge in [-0.2, -0.15) is 0 Å². The third-order valence-corrected chi connectivity index (χ3v) is 5.71. The Labute approximate surface area is 166 Å². The highest BCUT2D eigenvalue weighted by atomic mass is 32.1. The fourth-order valence-corrected chi connectivity index (χ4v) is 4.38. The van der Waals surface area contributed by atoms with Crippen molar-refractivity contribution in [2.24, 2.45) is 5.92 Å². The van der Waals surface area contributed by atoms with Crippen LogP contribution in [0, 0.1) is 5.92 Å². The molecule has 3 rings (SSSR count). The number of carbonyl (C=O) groups is 2. The lowest BCUT2D eigenvalue weighted by atomic mass is 9.72. The van der Waals surface area contributed by atoms with Gasteiger partial charge in [0.25, 0.3) is 0 Å². The molecular weight excluding hydrogens is 384 g/mol. The number of ether oxygens (including phenoxy) is 4. The smallest absolute Gasteiger partial charge is 0.338 e. The molecule has 1 aromatic heterocycles. The zero-order valence-corrected chi connectivity index (χ0v) is 16.7. The van der Waals surface area contributed by atoms with Crippen molar-refractivity contribution in [3.8, 4) is 11.5 Å². The Hall–Kier alpha value is -3.00. The van der Waals surface area contributed by atoms with Gasteiger partial charge < -0.3 is 24.1 Å². The summed E-state index contributed by atoms with van der Waals surface area (Å²) in [5.74, 6) is -2.58. The van der Waals surface area contributed by atoms with Crippen LogP contribution in [0.15, 0.2) is 35.2 Å². The van der Waals surface area contributed by atoms with Crippen molar-refractivity contribution in [3.63, 3.8) is 0 Å². The van der Waals surface area contributed by atoms with Crippen molar-refractivity contribution in [1.29, 1.82) is 0 Å². The van der Waals surface area contributed by atoms with Crippen LogP contribution in [0.3, 0.4) is 0 Å². The van der Waals surface area contributed by atoms with E-state index < -0.39 is 23.8 Å². The van der Waals surface area contributed by atoms with Crippen LogP contribution in [0.4, 0.5) is 0 Å². The summed E-state index contributed by atoms with van der Waals surface area (Å²) in [5, 5.41) is 12.8. The number of esters is 2. The zero-order valence-electron chi connectivity index (χ0n) is 15.8. The minimum absolute atomic E-state index is 0.146. The van der Waals surface area contributed by atoms with E-state index in [4.69, 9.17) is 18.9 Å². The van der Waals surface area contributed by atoms with Crippen molar-refractivity contribution >= 4 is 29.0 Å². The molecular formula is C20H20O7S. The lowest BCUT2D eigenvalue weighted by Gasteiger charge is -2.33. The van der Waals surface area contributed by atoms with E-state index in [1.165, 1.54) is 39.8 Å². The molecule has 0 saturated heterocycles. The van der Waals surface area contributed by atoms with Gasteiger partial charge in [-0.1, -0.05) is 6.07 Å². The van der Waals surface area contributed by atoms with E-state index in [-0.39, 0.29) is 11.3 Å². The van der Waals surface area contributed by atoms with Gasteiger partial charge in [0.15, 0.2) is 11.5 Å². The maximum atomic E-state index is 12.7. The molecule has 2 atom stereocenters. The van der Waals surface area contributed by atoms with Gasteiger partial charge in [0.05, 0.1) is 34.0 Å². The second-order valence-corrected chi connectivity index (χ2v) is 7.02. The third-order valence-electron chi connectivity index (χ3n) is 4.76. The standard InChI is InChI=1S/C20H20O7S/c1-24-12-8-10-11(9-13(12)25-2)18(21)17(20(23)27-4)16(19(22)26-3)15(10)14-6-5-7-28-14/h5-9,15-16,21H,1-4H3/t15-,16-/m0/s1. The summed E-state index contributed by atoms with van der Waals surface area (Å²) in [5.41, 5.74) is 0.852. The highest BCUT2D eigenvalue weighted by Gasteiger charge is 2.46. The molecule has 1 aliphatic rings. The van der Waals surface area contributed by atoms with E-state index in [0.29, 0.717) is 22.6 Å². The average molecular weight is 404 g/mol. The lowest BCUT2D eigenvalue weighted by molar-refractivity contribution is -0.148. The number of fused-ring (bicyclic) bond motifs is 1. The maximum absolute atomic E-state index is 12.7. The number of rotatable bonds is 5. The Morgan fingerprint density at radius 3 is 2.25 bits per heavy atom. The van der Waals surface area contributed by atoms with Crippen LogP contribution >= 0.6 is 11.3 Å². The molecule has 0 spiro atoms. The number of thiophene rings is 1. The third kappa shape index (κ3) is 3.09. The highest BCUT2D eigenvalue weighted by molar-refractivity contribution is 7.10. The van der Waals surface area contributed by atoms with E-state index in [0.717, 1.165) is 4.88 Å². The van der Waals surface area contributed by atoms with Gasteiger partial charge in [-0.05, 0) is 29.1 Å². The van der Waals surface area contributed by atoms with Crippen LogP contribution in [0.2, 0.25) is 0 Å². The predicted octanol–water partition coefficient (Wildman–Crippen LogP) is 3.14. The van der Waals surface area contributed by atoms with Crippen LogP contribution in [0.5, 0.6) is 11.5 Å². The summed E-state index contributed by atoms with van der Waals surface area (Å²) < 4.78 is 20.5. The Kier molecular flexibility index (Phi) is 5.60.